The van der Waals surface area contributed by atoms with Crippen molar-refractivity contribution in [3.05, 3.63) is 31.2 Å². The van der Waals surface area contributed by atoms with E-state index in [-0.39, 0.29) is 76.3 Å². The van der Waals surface area contributed by atoms with Gasteiger partial charge in [-0.1, -0.05) is 32.1 Å². The normalized spacial score (nSPS) is 15.0. The Morgan fingerprint density at radius 2 is 1.91 bits per heavy atom. The fourth-order valence-corrected chi connectivity index (χ4v) is 1.06. The maximum Gasteiger partial charge on any atom is 1.00 e. The summed E-state index contributed by atoms with van der Waals surface area (Å²) in [6, 6.07) is 0. The molecule has 0 nitrogen and oxygen atoms in total. The topological polar surface area (TPSA) is 0 Å². The Labute approximate surface area is 130 Å². The average molecular weight is 270 g/mol. The first-order chi connectivity index (χ1) is 4.30. The van der Waals surface area contributed by atoms with Gasteiger partial charge in [-0.05, 0) is 24.3 Å². The summed E-state index contributed by atoms with van der Waals surface area (Å²) in [5, 5.41) is 0. The molecule has 1 aliphatic rings. The van der Waals surface area contributed by atoms with Crippen LogP contribution in [0.4, 0.5) is 0 Å². The van der Waals surface area contributed by atoms with Crippen LogP contribution >= 0.6 is 0 Å². The van der Waals surface area contributed by atoms with E-state index in [1.165, 1.54) is 18.4 Å². The molecule has 58 valence electrons. The van der Waals surface area contributed by atoms with Crippen LogP contribution in [0, 0.1) is 13.3 Å². The monoisotopic (exact) mass is 270 g/mol. The zero-order chi connectivity index (χ0) is 6.69. The molecule has 0 amide bonds. The first kappa shape index (κ1) is 15.0. The minimum atomic E-state index is 0. The van der Waals surface area contributed by atoms with Gasteiger partial charge in [-0.3, -0.25) is 0 Å². The molecule has 0 aliphatic heterocycles. The molecule has 0 bridgehead atoms. The van der Waals surface area contributed by atoms with Crippen LogP contribution in [0.5, 0.6) is 0 Å². The van der Waals surface area contributed by atoms with Crippen LogP contribution in [0.1, 0.15) is 26.7 Å². The van der Waals surface area contributed by atoms with Crippen LogP contribution in [0.3, 0.4) is 0 Å². The Hall–Kier alpha value is 1.53. The molecule has 0 aromatic carbocycles. The Morgan fingerprint density at radius 1 is 1.27 bits per heavy atom. The minimum Gasteiger partial charge on any atom is -0.358 e. The van der Waals surface area contributed by atoms with E-state index in [4.69, 9.17) is 0 Å². The smallest absolute Gasteiger partial charge is 0.358 e. The van der Waals surface area contributed by atoms with Gasteiger partial charge in [0.05, 0.1) is 0 Å². The molecule has 0 radical (unpaired) electrons. The largest absolute Gasteiger partial charge is 1.00 e. The van der Waals surface area contributed by atoms with Crippen LogP contribution in [0.25, 0.3) is 0 Å². The van der Waals surface area contributed by atoms with E-state index in [0.29, 0.717) is 5.92 Å². The van der Waals surface area contributed by atoms with Crippen molar-refractivity contribution in [3.63, 3.8) is 0 Å². The molecular weight excluding hydrogens is 253 g/mol. The molecule has 0 unspecified atom stereocenters. The van der Waals surface area contributed by atoms with Gasteiger partial charge in [0.25, 0.3) is 0 Å². The summed E-state index contributed by atoms with van der Waals surface area (Å²) in [7, 11) is 0. The SMILES string of the molecule is CC(C)C1=CCCC=C1.[CH3-].[Cs+]. The molecule has 1 rings (SSSR count). The maximum absolute atomic E-state index is 2.34. The predicted octanol–water partition coefficient (Wildman–Crippen LogP) is 0.373. The second-order valence-electron chi connectivity index (χ2n) is 2.84. The van der Waals surface area contributed by atoms with Gasteiger partial charge in [-0.2, -0.15) is 0 Å². The summed E-state index contributed by atoms with van der Waals surface area (Å²) < 4.78 is 0. The zero-order valence-corrected chi connectivity index (χ0v) is 14.5. The Balaban J connectivity index is 0. The Bertz CT molecular complexity index is 143. The van der Waals surface area contributed by atoms with Gasteiger partial charge in [0.2, 0.25) is 0 Å². The van der Waals surface area contributed by atoms with E-state index >= 15 is 0 Å². The standard InChI is InChI=1S/C9H14.CH3.Cs/c1-8(2)9-6-4-3-5-7-9;;/h4,6-8H,3,5H2,1-2H3;1H3;/q;-1;+1. The van der Waals surface area contributed by atoms with E-state index < -0.39 is 0 Å². The second kappa shape index (κ2) is 8.14. The summed E-state index contributed by atoms with van der Waals surface area (Å²) in [6.45, 7) is 4.48. The zero-order valence-electron chi connectivity index (χ0n) is 8.22. The Kier molecular flexibility index (Phi) is 11.1. The molecule has 0 fully saturated rings. The van der Waals surface area contributed by atoms with Gasteiger partial charge >= 0.3 is 68.9 Å². The van der Waals surface area contributed by atoms with E-state index in [1.807, 2.05) is 0 Å². The average Bonchev–Trinajstić information content (AvgIpc) is 1.90. The van der Waals surface area contributed by atoms with Crippen LogP contribution in [0.15, 0.2) is 23.8 Å². The van der Waals surface area contributed by atoms with E-state index in [0.717, 1.165) is 0 Å². The first-order valence-corrected chi connectivity index (χ1v) is 3.67. The summed E-state index contributed by atoms with van der Waals surface area (Å²) >= 11 is 0. The molecule has 0 aromatic rings. The minimum absolute atomic E-state index is 0. The number of hydrogen-bond donors (Lipinski definition) is 0. The summed E-state index contributed by atoms with van der Waals surface area (Å²) in [6.07, 6.45) is 9.31. The molecule has 1 heteroatoms. The molecule has 11 heavy (non-hydrogen) atoms. The van der Waals surface area contributed by atoms with E-state index in [9.17, 15) is 0 Å². The summed E-state index contributed by atoms with van der Waals surface area (Å²) in [5.41, 5.74) is 1.50. The van der Waals surface area contributed by atoms with Crippen molar-refractivity contribution in [2.45, 2.75) is 26.7 Å². The van der Waals surface area contributed by atoms with Crippen LogP contribution in [-0.4, -0.2) is 0 Å². The van der Waals surface area contributed by atoms with Crippen molar-refractivity contribution in [2.24, 2.45) is 5.92 Å². The third kappa shape index (κ3) is 5.72. The maximum atomic E-state index is 2.34. The van der Waals surface area contributed by atoms with Crippen molar-refractivity contribution in [3.8, 4) is 0 Å². The second-order valence-corrected chi connectivity index (χ2v) is 2.84. The molecule has 0 N–H and O–H groups in total. The molecule has 0 spiro atoms. The quantitative estimate of drug-likeness (QED) is 0.604. The van der Waals surface area contributed by atoms with Crippen LogP contribution in [-0.2, 0) is 0 Å². The van der Waals surface area contributed by atoms with Crippen LogP contribution in [0.2, 0.25) is 0 Å². The van der Waals surface area contributed by atoms with Crippen molar-refractivity contribution in [2.75, 3.05) is 0 Å². The van der Waals surface area contributed by atoms with E-state index in [2.05, 4.69) is 32.1 Å². The number of allylic oxidation sites excluding steroid dienone is 4. The summed E-state index contributed by atoms with van der Waals surface area (Å²) in [5.74, 6) is 0.710. The molecule has 0 saturated carbocycles. The number of hydrogen-bond acceptors (Lipinski definition) is 0. The van der Waals surface area contributed by atoms with Crippen molar-refractivity contribution in [1.82, 2.24) is 0 Å². The van der Waals surface area contributed by atoms with Gasteiger partial charge in [0.1, 0.15) is 0 Å². The molecule has 0 saturated heterocycles. The fourth-order valence-electron chi connectivity index (χ4n) is 1.06. The van der Waals surface area contributed by atoms with Gasteiger partial charge in [0, 0.05) is 0 Å². The van der Waals surface area contributed by atoms with Gasteiger partial charge < -0.3 is 7.43 Å². The van der Waals surface area contributed by atoms with Crippen molar-refractivity contribution >= 4 is 0 Å². The first-order valence-electron chi connectivity index (χ1n) is 3.67. The molecule has 0 heterocycles. The van der Waals surface area contributed by atoms with Crippen molar-refractivity contribution < 1.29 is 68.9 Å². The molecule has 0 aromatic heterocycles. The fraction of sp³-hybridized carbons (Fsp3) is 0.500. The molecule has 1 aliphatic carbocycles. The van der Waals surface area contributed by atoms with Gasteiger partial charge in [0.15, 0.2) is 0 Å². The van der Waals surface area contributed by atoms with Gasteiger partial charge in [-0.25, -0.2) is 0 Å². The molecular formula is C10H17Cs. The number of rotatable bonds is 1. The van der Waals surface area contributed by atoms with Crippen LogP contribution < -0.4 is 68.9 Å². The van der Waals surface area contributed by atoms with Crippen molar-refractivity contribution in [1.29, 1.82) is 0 Å². The molecule has 0 atom stereocenters. The summed E-state index contributed by atoms with van der Waals surface area (Å²) in [4.78, 5) is 0. The third-order valence-corrected chi connectivity index (χ3v) is 1.69. The Morgan fingerprint density at radius 3 is 2.18 bits per heavy atom. The van der Waals surface area contributed by atoms with E-state index in [1.54, 1.807) is 0 Å². The third-order valence-electron chi connectivity index (χ3n) is 1.69. The van der Waals surface area contributed by atoms with Gasteiger partial charge in [-0.15, -0.1) is 0 Å². The predicted molar refractivity (Wildman–Crippen MR) is 47.7 cm³/mol.